The summed E-state index contributed by atoms with van der Waals surface area (Å²) in [6, 6.07) is 7.54. The number of rotatable bonds is 6. The van der Waals surface area contributed by atoms with Crippen molar-refractivity contribution in [3.8, 4) is 0 Å². The minimum Gasteiger partial charge on any atom is -0.340 e. The van der Waals surface area contributed by atoms with E-state index in [1.807, 2.05) is 50.2 Å². The van der Waals surface area contributed by atoms with Crippen LogP contribution in [0.4, 0.5) is 0 Å². The fraction of sp³-hybridized carbons (Fsp3) is 0.588. The van der Waals surface area contributed by atoms with Crippen molar-refractivity contribution >= 4 is 15.9 Å². The van der Waals surface area contributed by atoms with E-state index in [9.17, 15) is 13.2 Å². The van der Waals surface area contributed by atoms with Crippen molar-refractivity contribution in [3.05, 3.63) is 35.4 Å². The summed E-state index contributed by atoms with van der Waals surface area (Å²) in [5.74, 6) is 0.119. The number of amides is 1. The molecule has 0 spiro atoms. The average Bonchev–Trinajstić information content (AvgIpc) is 2.54. The number of hydrogen-bond acceptors (Lipinski definition) is 4. The lowest BCUT2D eigenvalue weighted by atomic mass is 10.1. The zero-order valence-electron chi connectivity index (χ0n) is 14.7. The molecule has 0 aliphatic carbocycles. The molecule has 134 valence electrons. The zero-order valence-corrected chi connectivity index (χ0v) is 15.6. The molecular weight excluding hydrogens is 326 g/mol. The lowest BCUT2D eigenvalue weighted by molar-refractivity contribution is -0.132. The number of carbonyl (C=O) groups excluding carboxylic acids is 1. The van der Waals surface area contributed by atoms with Crippen LogP contribution in [0, 0.1) is 6.92 Å². The van der Waals surface area contributed by atoms with Gasteiger partial charge in [0.25, 0.3) is 0 Å². The number of sulfonamides is 1. The second-order valence-electron chi connectivity index (χ2n) is 6.52. The minimum atomic E-state index is -3.35. The quantitative estimate of drug-likeness (QED) is 0.763. The molecule has 2 rings (SSSR count). The van der Waals surface area contributed by atoms with Crippen molar-refractivity contribution in [3.63, 3.8) is 0 Å². The fourth-order valence-corrected chi connectivity index (χ4v) is 4.37. The fourth-order valence-electron chi connectivity index (χ4n) is 2.75. The Kier molecular flexibility index (Phi) is 6.37. The maximum Gasteiger partial charge on any atom is 0.223 e. The predicted molar refractivity (Wildman–Crippen MR) is 95.1 cm³/mol. The monoisotopic (exact) mass is 353 g/mol. The molecule has 1 aliphatic heterocycles. The normalized spacial score (nSPS) is 16.6. The van der Waals surface area contributed by atoms with Gasteiger partial charge in [-0.2, -0.15) is 4.31 Å². The Morgan fingerprint density at radius 1 is 1.12 bits per heavy atom. The van der Waals surface area contributed by atoms with Crippen LogP contribution in [0.2, 0.25) is 0 Å². The summed E-state index contributed by atoms with van der Waals surface area (Å²) in [5.41, 5.74) is 1.82. The first-order chi connectivity index (χ1) is 11.3. The Labute approximate surface area is 145 Å². The predicted octanol–water partition coefficient (Wildman–Crippen LogP) is 0.921. The second kappa shape index (κ2) is 8.09. The van der Waals surface area contributed by atoms with Gasteiger partial charge in [0.2, 0.25) is 15.9 Å². The van der Waals surface area contributed by atoms with Gasteiger partial charge in [-0.05, 0) is 32.1 Å². The molecule has 1 aromatic carbocycles. The van der Waals surface area contributed by atoms with Crippen molar-refractivity contribution in [1.29, 1.82) is 0 Å². The largest absolute Gasteiger partial charge is 0.340 e. The van der Waals surface area contributed by atoms with Crippen LogP contribution in [0.25, 0.3) is 0 Å². The summed E-state index contributed by atoms with van der Waals surface area (Å²) in [5, 5.41) is 0. The number of benzene rings is 1. The Hall–Kier alpha value is -1.44. The second-order valence-corrected chi connectivity index (χ2v) is 8.48. The molecule has 1 aliphatic rings. The standard InChI is InChI=1S/C17H27N3O3S/c1-15-6-4-5-7-16(15)14-24(22,23)20-12-10-19(11-13-20)17(21)8-9-18(2)3/h4-7H,8-14H2,1-3H3. The highest BCUT2D eigenvalue weighted by molar-refractivity contribution is 7.88. The van der Waals surface area contributed by atoms with Gasteiger partial charge in [0, 0.05) is 39.1 Å². The Morgan fingerprint density at radius 3 is 2.33 bits per heavy atom. The summed E-state index contributed by atoms with van der Waals surface area (Å²) in [6.45, 7) is 4.33. The first-order valence-electron chi connectivity index (χ1n) is 8.24. The molecule has 24 heavy (non-hydrogen) atoms. The lowest BCUT2D eigenvalue weighted by Crippen LogP contribution is -2.51. The van der Waals surface area contributed by atoms with Gasteiger partial charge in [0.15, 0.2) is 0 Å². The molecule has 0 aromatic heterocycles. The van der Waals surface area contributed by atoms with Gasteiger partial charge < -0.3 is 9.80 Å². The molecule has 0 radical (unpaired) electrons. The van der Waals surface area contributed by atoms with Gasteiger partial charge in [-0.25, -0.2) is 8.42 Å². The Morgan fingerprint density at radius 2 is 1.75 bits per heavy atom. The maximum absolute atomic E-state index is 12.6. The van der Waals surface area contributed by atoms with Crippen LogP contribution < -0.4 is 0 Å². The van der Waals surface area contributed by atoms with E-state index < -0.39 is 10.0 Å². The van der Waals surface area contributed by atoms with Crippen LogP contribution in [-0.2, 0) is 20.6 Å². The third-order valence-electron chi connectivity index (χ3n) is 4.36. The summed E-state index contributed by atoms with van der Waals surface area (Å²) in [6.07, 6.45) is 0.475. The number of aryl methyl sites for hydroxylation is 1. The van der Waals surface area contributed by atoms with Crippen LogP contribution in [0.1, 0.15) is 17.5 Å². The molecule has 0 unspecified atom stereocenters. The summed E-state index contributed by atoms with van der Waals surface area (Å²) in [7, 11) is 0.521. The lowest BCUT2D eigenvalue weighted by Gasteiger charge is -2.34. The summed E-state index contributed by atoms with van der Waals surface area (Å²) < 4.78 is 26.7. The molecule has 1 saturated heterocycles. The summed E-state index contributed by atoms with van der Waals surface area (Å²) in [4.78, 5) is 15.9. The molecule has 1 fully saturated rings. The average molecular weight is 353 g/mol. The molecule has 0 N–H and O–H groups in total. The van der Waals surface area contributed by atoms with Gasteiger partial charge in [0.1, 0.15) is 0 Å². The topological polar surface area (TPSA) is 60.9 Å². The van der Waals surface area contributed by atoms with Gasteiger partial charge in [0.05, 0.1) is 5.75 Å². The molecule has 1 heterocycles. The molecule has 0 atom stereocenters. The third-order valence-corrected chi connectivity index (χ3v) is 6.18. The van der Waals surface area contributed by atoms with Gasteiger partial charge in [-0.3, -0.25) is 4.79 Å². The van der Waals surface area contributed by atoms with E-state index in [0.717, 1.165) is 11.1 Å². The highest BCUT2D eigenvalue weighted by atomic mass is 32.2. The Bertz CT molecular complexity index is 665. The number of carbonyl (C=O) groups is 1. The first-order valence-corrected chi connectivity index (χ1v) is 9.85. The van der Waals surface area contributed by atoms with Crippen molar-refractivity contribution in [2.45, 2.75) is 19.1 Å². The highest BCUT2D eigenvalue weighted by Gasteiger charge is 2.29. The van der Waals surface area contributed by atoms with E-state index in [-0.39, 0.29) is 11.7 Å². The van der Waals surface area contributed by atoms with E-state index >= 15 is 0 Å². The molecule has 1 amide bonds. The van der Waals surface area contributed by atoms with Crippen LogP contribution in [0.5, 0.6) is 0 Å². The van der Waals surface area contributed by atoms with Crippen LogP contribution in [0.15, 0.2) is 24.3 Å². The minimum absolute atomic E-state index is 0.0221. The van der Waals surface area contributed by atoms with E-state index in [4.69, 9.17) is 0 Å². The van der Waals surface area contributed by atoms with E-state index in [2.05, 4.69) is 0 Å². The van der Waals surface area contributed by atoms with Gasteiger partial charge in [-0.1, -0.05) is 24.3 Å². The van der Waals surface area contributed by atoms with Crippen LogP contribution in [-0.4, -0.2) is 75.2 Å². The van der Waals surface area contributed by atoms with Gasteiger partial charge >= 0.3 is 0 Å². The maximum atomic E-state index is 12.6. The van der Waals surface area contributed by atoms with Crippen molar-refractivity contribution in [2.75, 3.05) is 46.8 Å². The molecule has 0 bridgehead atoms. The molecule has 1 aromatic rings. The van der Waals surface area contributed by atoms with Crippen molar-refractivity contribution in [1.82, 2.24) is 14.1 Å². The smallest absolute Gasteiger partial charge is 0.223 e. The van der Waals surface area contributed by atoms with E-state index in [0.29, 0.717) is 39.1 Å². The highest BCUT2D eigenvalue weighted by Crippen LogP contribution is 2.16. The number of piperazine rings is 1. The third kappa shape index (κ3) is 5.03. The SMILES string of the molecule is Cc1ccccc1CS(=O)(=O)N1CCN(C(=O)CCN(C)C)CC1. The van der Waals surface area contributed by atoms with Crippen molar-refractivity contribution < 1.29 is 13.2 Å². The van der Waals surface area contributed by atoms with E-state index in [1.54, 1.807) is 4.90 Å². The molecule has 0 saturated carbocycles. The molecule has 7 heteroatoms. The zero-order chi connectivity index (χ0) is 17.7. The number of nitrogens with zero attached hydrogens (tertiary/aromatic N) is 3. The van der Waals surface area contributed by atoms with Crippen molar-refractivity contribution in [2.24, 2.45) is 0 Å². The summed E-state index contributed by atoms with van der Waals surface area (Å²) >= 11 is 0. The first kappa shape index (κ1) is 18.9. The number of hydrogen-bond donors (Lipinski definition) is 0. The van der Waals surface area contributed by atoms with Crippen LogP contribution in [0.3, 0.4) is 0 Å². The molecule has 6 nitrogen and oxygen atoms in total. The van der Waals surface area contributed by atoms with Crippen LogP contribution >= 0.6 is 0 Å². The van der Waals surface area contributed by atoms with E-state index in [1.165, 1.54) is 4.31 Å². The molecular formula is C17H27N3O3S. The van der Waals surface area contributed by atoms with Gasteiger partial charge in [-0.15, -0.1) is 0 Å². The Balaban J connectivity index is 1.91.